The molecular formula is C16H16ClNO3S. The molecule has 0 radical (unpaired) electrons. The van der Waals surface area contributed by atoms with E-state index in [9.17, 15) is 8.42 Å². The van der Waals surface area contributed by atoms with Crippen LogP contribution < -0.4 is 4.72 Å². The van der Waals surface area contributed by atoms with E-state index in [1.54, 1.807) is 49.6 Å². The first-order valence-electron chi connectivity index (χ1n) is 6.53. The van der Waals surface area contributed by atoms with Crippen molar-refractivity contribution in [2.75, 3.05) is 11.8 Å². The summed E-state index contributed by atoms with van der Waals surface area (Å²) in [6, 6.07) is 14.0. The Kier molecular flexibility index (Phi) is 5.60. The number of benzene rings is 2. The number of nitrogens with one attached hydrogen (secondary N) is 1. The van der Waals surface area contributed by atoms with Crippen LogP contribution in [0.15, 0.2) is 53.9 Å². The van der Waals surface area contributed by atoms with Crippen molar-refractivity contribution in [2.45, 2.75) is 6.61 Å². The van der Waals surface area contributed by atoms with Gasteiger partial charge in [-0.15, -0.1) is 0 Å². The minimum absolute atomic E-state index is 0.427. The lowest BCUT2D eigenvalue weighted by molar-refractivity contribution is 0.185. The van der Waals surface area contributed by atoms with Gasteiger partial charge < -0.3 is 4.74 Å². The molecule has 6 heteroatoms. The summed E-state index contributed by atoms with van der Waals surface area (Å²) >= 11 is 5.78. The zero-order chi connectivity index (χ0) is 16.0. The van der Waals surface area contributed by atoms with Crippen molar-refractivity contribution >= 4 is 33.4 Å². The molecule has 0 aliphatic heterocycles. The first-order valence-corrected chi connectivity index (χ1v) is 8.45. The first-order chi connectivity index (χ1) is 10.5. The molecule has 0 atom stereocenters. The van der Waals surface area contributed by atoms with Crippen LogP contribution in [-0.2, 0) is 21.4 Å². The first kappa shape index (κ1) is 16.5. The lowest BCUT2D eigenvalue weighted by Crippen LogP contribution is -2.09. The third-order valence-corrected chi connectivity index (χ3v) is 4.07. The maximum absolute atomic E-state index is 12.1. The Balaban J connectivity index is 2.10. The van der Waals surface area contributed by atoms with E-state index in [4.69, 9.17) is 16.3 Å². The van der Waals surface area contributed by atoms with E-state index in [0.717, 1.165) is 16.5 Å². The number of hydrogen-bond donors (Lipinski definition) is 1. The summed E-state index contributed by atoms with van der Waals surface area (Å²) in [7, 11) is -1.99. The Labute approximate surface area is 135 Å². The van der Waals surface area contributed by atoms with Crippen LogP contribution in [0.1, 0.15) is 11.1 Å². The molecule has 0 bridgehead atoms. The van der Waals surface area contributed by atoms with Crippen LogP contribution in [0.4, 0.5) is 5.69 Å². The van der Waals surface area contributed by atoms with Crippen LogP contribution in [0, 0.1) is 0 Å². The minimum Gasteiger partial charge on any atom is -0.380 e. The molecule has 0 amide bonds. The fourth-order valence-corrected chi connectivity index (χ4v) is 2.82. The molecule has 0 aliphatic carbocycles. The summed E-state index contributed by atoms with van der Waals surface area (Å²) in [6.07, 6.45) is 1.51. The van der Waals surface area contributed by atoms with Gasteiger partial charge in [-0.05, 0) is 41.5 Å². The molecule has 2 aromatic rings. The molecule has 22 heavy (non-hydrogen) atoms. The average molecular weight is 338 g/mol. The predicted octanol–water partition coefficient (Wildman–Crippen LogP) is 3.90. The van der Waals surface area contributed by atoms with E-state index >= 15 is 0 Å². The van der Waals surface area contributed by atoms with Crippen LogP contribution in [0.3, 0.4) is 0 Å². The maximum atomic E-state index is 12.1. The normalized spacial score (nSPS) is 11.7. The molecule has 116 valence electrons. The third-order valence-electron chi connectivity index (χ3n) is 2.81. The van der Waals surface area contributed by atoms with E-state index in [0.29, 0.717) is 17.3 Å². The molecule has 1 N–H and O–H groups in total. The number of sulfonamides is 1. The lowest BCUT2D eigenvalue weighted by atomic mass is 10.2. The number of ether oxygens (including phenoxy) is 1. The van der Waals surface area contributed by atoms with Gasteiger partial charge >= 0.3 is 0 Å². The molecular weight excluding hydrogens is 322 g/mol. The van der Waals surface area contributed by atoms with Gasteiger partial charge in [-0.25, -0.2) is 8.42 Å². The average Bonchev–Trinajstić information content (AvgIpc) is 2.47. The zero-order valence-electron chi connectivity index (χ0n) is 12.0. The number of methoxy groups -OCH3 is 1. The van der Waals surface area contributed by atoms with Crippen LogP contribution in [0.25, 0.3) is 6.08 Å². The second-order valence-corrected chi connectivity index (χ2v) is 6.64. The Morgan fingerprint density at radius 2 is 1.91 bits per heavy atom. The molecule has 0 fully saturated rings. The Morgan fingerprint density at radius 3 is 2.59 bits per heavy atom. The SMILES string of the molecule is COCc1cccc(NS(=O)(=O)/C=C/c2ccc(Cl)cc2)c1. The van der Waals surface area contributed by atoms with E-state index in [1.165, 1.54) is 6.08 Å². The van der Waals surface area contributed by atoms with Gasteiger partial charge in [0.1, 0.15) is 0 Å². The number of hydrogen-bond acceptors (Lipinski definition) is 3. The van der Waals surface area contributed by atoms with Crippen LogP contribution in [0.5, 0.6) is 0 Å². The van der Waals surface area contributed by atoms with Crippen molar-refractivity contribution in [1.82, 2.24) is 0 Å². The fraction of sp³-hybridized carbons (Fsp3) is 0.125. The smallest absolute Gasteiger partial charge is 0.255 e. The van der Waals surface area contributed by atoms with Crippen molar-refractivity contribution in [3.8, 4) is 0 Å². The summed E-state index contributed by atoms with van der Waals surface area (Å²) in [5.41, 5.74) is 2.14. The molecule has 0 aromatic heterocycles. The Bertz CT molecular complexity index is 755. The second kappa shape index (κ2) is 7.45. The molecule has 0 aliphatic rings. The highest BCUT2D eigenvalue weighted by molar-refractivity contribution is 7.95. The highest BCUT2D eigenvalue weighted by Crippen LogP contribution is 2.15. The topological polar surface area (TPSA) is 55.4 Å². The maximum Gasteiger partial charge on any atom is 0.255 e. The van der Waals surface area contributed by atoms with E-state index in [1.807, 2.05) is 6.07 Å². The number of anilines is 1. The zero-order valence-corrected chi connectivity index (χ0v) is 13.6. The third kappa shape index (κ3) is 5.18. The van der Waals surface area contributed by atoms with Gasteiger partial charge in [-0.3, -0.25) is 4.72 Å². The van der Waals surface area contributed by atoms with Crippen molar-refractivity contribution in [3.05, 3.63) is 70.1 Å². The summed E-state index contributed by atoms with van der Waals surface area (Å²) in [5.74, 6) is 0. The van der Waals surface area contributed by atoms with Gasteiger partial charge in [0, 0.05) is 17.8 Å². The predicted molar refractivity (Wildman–Crippen MR) is 90.2 cm³/mol. The summed E-state index contributed by atoms with van der Waals surface area (Å²) in [5, 5.41) is 1.73. The van der Waals surface area contributed by atoms with Crippen LogP contribution in [0.2, 0.25) is 5.02 Å². The molecule has 0 saturated heterocycles. The Morgan fingerprint density at radius 1 is 1.18 bits per heavy atom. The number of rotatable bonds is 6. The fourth-order valence-electron chi connectivity index (χ4n) is 1.83. The minimum atomic E-state index is -3.58. The highest BCUT2D eigenvalue weighted by Gasteiger charge is 2.06. The van der Waals surface area contributed by atoms with Gasteiger partial charge in [0.2, 0.25) is 0 Å². The molecule has 2 rings (SSSR count). The standard InChI is InChI=1S/C16H16ClNO3S/c1-21-12-14-3-2-4-16(11-14)18-22(19,20)10-9-13-5-7-15(17)8-6-13/h2-11,18H,12H2,1H3/b10-9+. The van der Waals surface area contributed by atoms with Gasteiger partial charge in [0.15, 0.2) is 0 Å². The van der Waals surface area contributed by atoms with Crippen LogP contribution in [-0.4, -0.2) is 15.5 Å². The van der Waals surface area contributed by atoms with Crippen LogP contribution >= 0.6 is 11.6 Å². The van der Waals surface area contributed by atoms with Gasteiger partial charge in [-0.2, -0.15) is 0 Å². The Hall–Kier alpha value is -1.82. The molecule has 4 nitrogen and oxygen atoms in total. The van der Waals surface area contributed by atoms with Crippen molar-refractivity contribution in [2.24, 2.45) is 0 Å². The molecule has 0 saturated carbocycles. The van der Waals surface area contributed by atoms with Crippen molar-refractivity contribution in [1.29, 1.82) is 0 Å². The second-order valence-electron chi connectivity index (χ2n) is 4.63. The van der Waals surface area contributed by atoms with Gasteiger partial charge in [0.25, 0.3) is 10.0 Å². The lowest BCUT2D eigenvalue weighted by Gasteiger charge is -2.06. The summed E-state index contributed by atoms with van der Waals surface area (Å²) in [4.78, 5) is 0. The van der Waals surface area contributed by atoms with E-state index in [-0.39, 0.29) is 0 Å². The highest BCUT2D eigenvalue weighted by atomic mass is 35.5. The van der Waals surface area contributed by atoms with E-state index in [2.05, 4.69) is 4.72 Å². The van der Waals surface area contributed by atoms with Crippen molar-refractivity contribution < 1.29 is 13.2 Å². The molecule has 0 spiro atoms. The van der Waals surface area contributed by atoms with E-state index < -0.39 is 10.0 Å². The van der Waals surface area contributed by atoms with Gasteiger partial charge in [-0.1, -0.05) is 35.9 Å². The largest absolute Gasteiger partial charge is 0.380 e. The molecule has 0 heterocycles. The summed E-state index contributed by atoms with van der Waals surface area (Å²) in [6.45, 7) is 0.427. The monoisotopic (exact) mass is 337 g/mol. The van der Waals surface area contributed by atoms with Crippen molar-refractivity contribution in [3.63, 3.8) is 0 Å². The molecule has 0 unspecified atom stereocenters. The molecule has 2 aromatic carbocycles. The summed E-state index contributed by atoms with van der Waals surface area (Å²) < 4.78 is 31.6. The van der Waals surface area contributed by atoms with Gasteiger partial charge in [0.05, 0.1) is 12.0 Å². The quantitative estimate of drug-likeness (QED) is 0.869. The number of halogens is 1.